The summed E-state index contributed by atoms with van der Waals surface area (Å²) in [6.07, 6.45) is 2.99. The van der Waals surface area contributed by atoms with Crippen LogP contribution in [0.5, 0.6) is 5.75 Å². The van der Waals surface area contributed by atoms with E-state index in [9.17, 15) is 24.3 Å². The molecule has 1 aromatic heterocycles. The average molecular weight is 696 g/mol. The maximum atomic E-state index is 14.2. The lowest BCUT2D eigenvalue weighted by atomic mass is 9.99. The Morgan fingerprint density at radius 2 is 1.67 bits per heavy atom. The molecule has 0 saturated carbocycles. The minimum absolute atomic E-state index is 0.0446. The number of benzene rings is 2. The maximum Gasteiger partial charge on any atom is 0.308 e. The first-order chi connectivity index (χ1) is 21.8. The van der Waals surface area contributed by atoms with E-state index in [4.69, 9.17) is 4.74 Å². The number of esters is 1. The highest BCUT2D eigenvalue weighted by Crippen LogP contribution is 2.29. The standard InChI is InChI=1S/C35H43BrN4O6/c1-20-10-15-31(42)37-23(4)35(45)40(5)30(18-27-26-8-6-7-9-28(26)38-33(27)36)34(44)39-29(24-11-13-25(41)14-12-24)19-32(43)46-22(3)17-21(2)16-20/h6-9,11-14,16,21-23,29-30,38,41H,10,15,17-19H2,1-5H3,(H,37,42)(H,39,44)/t21-,22-,23-,29+,30+/m0/s1. The van der Waals surface area contributed by atoms with Gasteiger partial charge in [0.05, 0.1) is 23.2 Å². The number of nitrogens with zero attached hydrogens (tertiary/aromatic N) is 1. The van der Waals surface area contributed by atoms with E-state index >= 15 is 0 Å². The number of fused-ring (bicyclic) bond motifs is 1. The monoisotopic (exact) mass is 694 g/mol. The molecule has 5 atom stereocenters. The number of likely N-dealkylation sites (N-methyl/N-ethyl adjacent to an activating group) is 1. The van der Waals surface area contributed by atoms with Crippen molar-refractivity contribution in [3.63, 3.8) is 0 Å². The van der Waals surface area contributed by atoms with Crippen molar-refractivity contribution in [2.24, 2.45) is 5.92 Å². The number of ether oxygens (including phenoxy) is 1. The Hall–Kier alpha value is -4.12. The zero-order valence-corrected chi connectivity index (χ0v) is 28.5. The largest absolute Gasteiger partial charge is 0.508 e. The second-order valence-electron chi connectivity index (χ2n) is 12.3. The van der Waals surface area contributed by atoms with Crippen LogP contribution in [-0.2, 0) is 30.3 Å². The number of amides is 3. The summed E-state index contributed by atoms with van der Waals surface area (Å²) in [5.41, 5.74) is 3.29. The van der Waals surface area contributed by atoms with Crippen LogP contribution in [0, 0.1) is 5.92 Å². The molecular formula is C35H43BrN4O6. The molecule has 2 heterocycles. The fourth-order valence-corrected chi connectivity index (χ4v) is 6.57. The van der Waals surface area contributed by atoms with Crippen molar-refractivity contribution in [2.75, 3.05) is 7.05 Å². The molecule has 1 aliphatic heterocycles. The first-order valence-corrected chi connectivity index (χ1v) is 16.4. The molecule has 0 fully saturated rings. The molecule has 246 valence electrons. The number of carbonyl (C=O) groups is 4. The van der Waals surface area contributed by atoms with Crippen LogP contribution >= 0.6 is 15.9 Å². The van der Waals surface area contributed by atoms with Crippen molar-refractivity contribution in [1.29, 1.82) is 0 Å². The van der Waals surface area contributed by atoms with Gasteiger partial charge in [0, 0.05) is 30.8 Å². The Bertz CT molecular complexity index is 1600. The van der Waals surface area contributed by atoms with Crippen molar-refractivity contribution in [1.82, 2.24) is 20.5 Å². The molecular weight excluding hydrogens is 652 g/mol. The minimum Gasteiger partial charge on any atom is -0.508 e. The molecule has 3 aromatic rings. The average Bonchev–Trinajstić information content (AvgIpc) is 3.31. The number of cyclic esters (lactones) is 1. The number of hydrogen-bond donors (Lipinski definition) is 4. The van der Waals surface area contributed by atoms with Crippen LogP contribution in [0.1, 0.15) is 70.5 Å². The molecule has 0 bridgehead atoms. The third kappa shape index (κ3) is 8.99. The smallest absolute Gasteiger partial charge is 0.308 e. The molecule has 10 nitrogen and oxygen atoms in total. The summed E-state index contributed by atoms with van der Waals surface area (Å²) in [5, 5.41) is 16.6. The van der Waals surface area contributed by atoms with Gasteiger partial charge in [0.1, 0.15) is 17.8 Å². The highest BCUT2D eigenvalue weighted by Gasteiger charge is 2.34. The zero-order valence-electron chi connectivity index (χ0n) is 26.9. The molecule has 0 spiro atoms. The van der Waals surface area contributed by atoms with Crippen molar-refractivity contribution >= 4 is 50.5 Å². The van der Waals surface area contributed by atoms with Crippen molar-refractivity contribution < 1.29 is 29.0 Å². The zero-order chi connectivity index (χ0) is 33.5. The molecule has 0 unspecified atom stereocenters. The molecule has 46 heavy (non-hydrogen) atoms. The molecule has 2 aromatic carbocycles. The molecule has 0 aliphatic carbocycles. The second kappa shape index (κ2) is 15.4. The minimum atomic E-state index is -1.01. The van der Waals surface area contributed by atoms with E-state index in [1.807, 2.05) is 45.0 Å². The number of phenols is 1. The predicted octanol–water partition coefficient (Wildman–Crippen LogP) is 5.46. The van der Waals surface area contributed by atoms with Gasteiger partial charge < -0.3 is 30.4 Å². The molecule has 3 amide bonds. The number of aromatic amines is 1. The molecule has 4 rings (SSSR count). The quantitative estimate of drug-likeness (QED) is 0.212. The van der Waals surface area contributed by atoms with Crippen LogP contribution in [0.2, 0.25) is 0 Å². The van der Waals surface area contributed by atoms with E-state index in [2.05, 4.69) is 37.6 Å². The summed E-state index contributed by atoms with van der Waals surface area (Å²) in [6, 6.07) is 11.2. The lowest BCUT2D eigenvalue weighted by Gasteiger charge is -2.31. The number of allylic oxidation sites excluding steroid dienone is 2. The van der Waals surface area contributed by atoms with Gasteiger partial charge in [-0.1, -0.05) is 48.9 Å². The third-order valence-corrected chi connectivity index (χ3v) is 9.04. The van der Waals surface area contributed by atoms with Crippen LogP contribution in [0.4, 0.5) is 0 Å². The van der Waals surface area contributed by atoms with Gasteiger partial charge in [-0.3, -0.25) is 19.2 Å². The number of hydrogen-bond acceptors (Lipinski definition) is 6. The highest BCUT2D eigenvalue weighted by atomic mass is 79.9. The Morgan fingerprint density at radius 1 is 0.978 bits per heavy atom. The van der Waals surface area contributed by atoms with Gasteiger partial charge in [0.15, 0.2) is 0 Å². The topological polar surface area (TPSA) is 141 Å². The highest BCUT2D eigenvalue weighted by molar-refractivity contribution is 9.10. The van der Waals surface area contributed by atoms with Gasteiger partial charge >= 0.3 is 5.97 Å². The summed E-state index contributed by atoms with van der Waals surface area (Å²) in [7, 11) is 1.54. The van der Waals surface area contributed by atoms with E-state index in [1.54, 1.807) is 26.1 Å². The maximum absolute atomic E-state index is 14.2. The van der Waals surface area contributed by atoms with Crippen molar-refractivity contribution in [2.45, 2.75) is 84.0 Å². The van der Waals surface area contributed by atoms with Crippen LogP contribution in [-0.4, -0.2) is 63.9 Å². The number of aromatic nitrogens is 1. The summed E-state index contributed by atoms with van der Waals surface area (Å²) in [5.74, 6) is -1.53. The van der Waals surface area contributed by atoms with E-state index in [0.29, 0.717) is 23.0 Å². The Kier molecular flexibility index (Phi) is 11.7. The van der Waals surface area contributed by atoms with Gasteiger partial charge in [-0.2, -0.15) is 0 Å². The SMILES string of the molecule is CC1=C[C@H](C)C[C@H](C)OC(=O)C[C@H](c2ccc(O)cc2)NC(=O)[C@@H](Cc2c(Br)[nH]c3ccccc23)N(C)C(=O)[C@H](C)NC(=O)CC1. The van der Waals surface area contributed by atoms with Crippen LogP contribution in [0.25, 0.3) is 10.9 Å². The predicted molar refractivity (Wildman–Crippen MR) is 180 cm³/mol. The Labute approximate surface area is 278 Å². The summed E-state index contributed by atoms with van der Waals surface area (Å²) in [4.78, 5) is 58.7. The Balaban J connectivity index is 1.72. The summed E-state index contributed by atoms with van der Waals surface area (Å²) < 4.78 is 6.45. The third-order valence-electron chi connectivity index (χ3n) is 8.36. The summed E-state index contributed by atoms with van der Waals surface area (Å²) >= 11 is 3.59. The van der Waals surface area contributed by atoms with Gasteiger partial charge in [0.25, 0.3) is 0 Å². The van der Waals surface area contributed by atoms with Gasteiger partial charge in [-0.15, -0.1) is 0 Å². The first kappa shape index (κ1) is 34.7. The van der Waals surface area contributed by atoms with Crippen LogP contribution in [0.15, 0.2) is 64.8 Å². The Morgan fingerprint density at radius 3 is 2.39 bits per heavy atom. The van der Waals surface area contributed by atoms with E-state index in [1.165, 1.54) is 17.0 Å². The van der Waals surface area contributed by atoms with Crippen LogP contribution < -0.4 is 10.6 Å². The number of rotatable bonds is 3. The number of H-pyrrole nitrogens is 1. The van der Waals surface area contributed by atoms with E-state index in [0.717, 1.165) is 22.0 Å². The lowest BCUT2D eigenvalue weighted by molar-refractivity contribution is -0.149. The van der Waals surface area contributed by atoms with Crippen LogP contribution in [0.3, 0.4) is 0 Å². The number of phenolic OH excluding ortho intramolecular Hbond substituents is 1. The second-order valence-corrected chi connectivity index (χ2v) is 13.1. The van der Waals surface area contributed by atoms with Gasteiger partial charge in [0.2, 0.25) is 17.7 Å². The summed E-state index contributed by atoms with van der Waals surface area (Å²) in [6.45, 7) is 7.42. The first-order valence-electron chi connectivity index (χ1n) is 15.6. The molecule has 0 saturated heterocycles. The number of nitrogens with one attached hydrogen (secondary N) is 3. The van der Waals surface area contributed by atoms with Crippen molar-refractivity contribution in [3.05, 3.63) is 75.9 Å². The van der Waals surface area contributed by atoms with Gasteiger partial charge in [-0.25, -0.2) is 0 Å². The fraction of sp³-hybridized carbons (Fsp3) is 0.429. The molecule has 1 aliphatic rings. The number of aromatic hydroxyl groups is 1. The normalized spacial score (nSPS) is 24.7. The number of carbonyl (C=O) groups excluding carboxylic acids is 4. The number of para-hydroxylation sites is 1. The number of halogens is 1. The van der Waals surface area contributed by atoms with Gasteiger partial charge in [-0.05, 0) is 84.8 Å². The van der Waals surface area contributed by atoms with E-state index in [-0.39, 0.29) is 42.9 Å². The fourth-order valence-electron chi connectivity index (χ4n) is 5.99. The van der Waals surface area contributed by atoms with E-state index < -0.39 is 35.9 Å². The lowest BCUT2D eigenvalue weighted by Crippen LogP contribution is -2.54. The van der Waals surface area contributed by atoms with Crippen molar-refractivity contribution in [3.8, 4) is 5.75 Å². The molecule has 0 radical (unpaired) electrons. The molecule has 11 heteroatoms. The molecule has 4 N–H and O–H groups in total.